The predicted molar refractivity (Wildman–Crippen MR) is 134 cm³/mol. The van der Waals surface area contributed by atoms with Crippen molar-refractivity contribution in [3.8, 4) is 0 Å². The van der Waals surface area contributed by atoms with E-state index in [1.807, 2.05) is 81.5 Å². The second-order valence-electron chi connectivity index (χ2n) is 7.58. The van der Waals surface area contributed by atoms with Crippen LogP contribution in [0.25, 0.3) is 6.08 Å². The van der Waals surface area contributed by atoms with E-state index in [2.05, 4.69) is 5.32 Å². The van der Waals surface area contributed by atoms with E-state index in [4.69, 9.17) is 12.2 Å². The number of rotatable bonds is 7. The van der Waals surface area contributed by atoms with Crippen molar-refractivity contribution in [1.29, 1.82) is 0 Å². The van der Waals surface area contributed by atoms with Crippen molar-refractivity contribution in [2.24, 2.45) is 0 Å². The van der Waals surface area contributed by atoms with Gasteiger partial charge in [0.05, 0.1) is 4.91 Å². The van der Waals surface area contributed by atoms with Gasteiger partial charge in [0.2, 0.25) is 5.91 Å². The van der Waals surface area contributed by atoms with Gasteiger partial charge in [0.15, 0.2) is 0 Å². The van der Waals surface area contributed by atoms with Crippen molar-refractivity contribution in [2.45, 2.75) is 33.6 Å². The van der Waals surface area contributed by atoms with Crippen molar-refractivity contribution < 1.29 is 9.59 Å². The number of amides is 2. The summed E-state index contributed by atoms with van der Waals surface area (Å²) >= 11 is 6.71. The Balaban J connectivity index is 1.53. The van der Waals surface area contributed by atoms with Crippen LogP contribution in [0.2, 0.25) is 0 Å². The first kappa shape index (κ1) is 23.0. The van der Waals surface area contributed by atoms with Crippen molar-refractivity contribution in [3.63, 3.8) is 0 Å². The van der Waals surface area contributed by atoms with Gasteiger partial charge in [-0.05, 0) is 67.7 Å². The van der Waals surface area contributed by atoms with E-state index in [0.29, 0.717) is 28.6 Å². The minimum atomic E-state index is -0.0922. The lowest BCUT2D eigenvalue weighted by Gasteiger charge is -2.14. The molecular weight excluding hydrogens is 424 g/mol. The van der Waals surface area contributed by atoms with E-state index in [-0.39, 0.29) is 11.8 Å². The average Bonchev–Trinajstić information content (AvgIpc) is 2.98. The largest absolute Gasteiger partial charge is 0.326 e. The summed E-state index contributed by atoms with van der Waals surface area (Å²) in [4.78, 5) is 27.2. The number of allylic oxidation sites excluding steroid dienone is 2. The zero-order valence-corrected chi connectivity index (χ0v) is 19.6. The molecule has 2 amide bonds. The van der Waals surface area contributed by atoms with Crippen LogP contribution in [-0.2, 0) is 9.59 Å². The van der Waals surface area contributed by atoms with Crippen LogP contribution in [0.5, 0.6) is 0 Å². The minimum Gasteiger partial charge on any atom is -0.326 e. The monoisotopic (exact) mass is 450 g/mol. The predicted octanol–water partition coefficient (Wildman–Crippen LogP) is 5.87. The molecule has 1 N–H and O–H groups in total. The fourth-order valence-corrected chi connectivity index (χ4v) is 4.55. The van der Waals surface area contributed by atoms with Crippen molar-refractivity contribution >= 4 is 51.9 Å². The molecule has 0 atom stereocenters. The summed E-state index contributed by atoms with van der Waals surface area (Å²) < 4.78 is 0.540. The van der Waals surface area contributed by atoms with Gasteiger partial charge in [-0.3, -0.25) is 14.5 Å². The highest BCUT2D eigenvalue weighted by Crippen LogP contribution is 2.32. The highest BCUT2D eigenvalue weighted by Gasteiger charge is 2.31. The number of hydrogen-bond acceptors (Lipinski definition) is 4. The normalized spacial score (nSPS) is 15.6. The Labute approximate surface area is 193 Å². The van der Waals surface area contributed by atoms with Crippen LogP contribution in [0.3, 0.4) is 0 Å². The lowest BCUT2D eigenvalue weighted by molar-refractivity contribution is -0.122. The first-order chi connectivity index (χ1) is 14.8. The van der Waals surface area contributed by atoms with Crippen molar-refractivity contribution in [2.75, 3.05) is 11.9 Å². The topological polar surface area (TPSA) is 49.4 Å². The number of nitrogens with one attached hydrogen (secondary N) is 1. The van der Waals surface area contributed by atoms with Gasteiger partial charge in [-0.1, -0.05) is 66.5 Å². The van der Waals surface area contributed by atoms with Crippen LogP contribution < -0.4 is 5.32 Å². The molecule has 0 saturated carbocycles. The Bertz CT molecular complexity index is 1060. The van der Waals surface area contributed by atoms with Gasteiger partial charge in [-0.2, -0.15) is 0 Å². The zero-order valence-electron chi connectivity index (χ0n) is 18.0. The summed E-state index contributed by atoms with van der Waals surface area (Å²) in [5, 5.41) is 2.92. The summed E-state index contributed by atoms with van der Waals surface area (Å²) in [7, 11) is 0. The minimum absolute atomic E-state index is 0.0640. The summed E-state index contributed by atoms with van der Waals surface area (Å²) in [6.45, 7) is 6.46. The molecule has 1 saturated heterocycles. The molecule has 1 aliphatic heterocycles. The Morgan fingerprint density at radius 2 is 1.87 bits per heavy atom. The average molecular weight is 451 g/mol. The summed E-state index contributed by atoms with van der Waals surface area (Å²) in [6, 6.07) is 15.8. The lowest BCUT2D eigenvalue weighted by atomic mass is 10.1. The molecule has 3 rings (SSSR count). The summed E-state index contributed by atoms with van der Waals surface area (Å²) in [6.07, 6.45) is 4.79. The van der Waals surface area contributed by atoms with Crippen LogP contribution in [0.4, 0.5) is 5.69 Å². The molecule has 0 unspecified atom stereocenters. The van der Waals surface area contributed by atoms with E-state index in [1.165, 1.54) is 17.3 Å². The smallest absolute Gasteiger partial charge is 0.266 e. The van der Waals surface area contributed by atoms with Gasteiger partial charge in [0, 0.05) is 18.7 Å². The van der Waals surface area contributed by atoms with Gasteiger partial charge < -0.3 is 5.32 Å². The molecule has 4 nitrogen and oxygen atoms in total. The van der Waals surface area contributed by atoms with E-state index >= 15 is 0 Å². The second kappa shape index (κ2) is 10.6. The molecule has 0 aliphatic carbocycles. The highest BCUT2D eigenvalue weighted by atomic mass is 32.2. The van der Waals surface area contributed by atoms with Crippen molar-refractivity contribution in [3.05, 3.63) is 81.8 Å². The van der Waals surface area contributed by atoms with Gasteiger partial charge in [0.1, 0.15) is 4.32 Å². The van der Waals surface area contributed by atoms with E-state index in [1.54, 1.807) is 4.90 Å². The van der Waals surface area contributed by atoms with Gasteiger partial charge in [0.25, 0.3) is 5.91 Å². The number of hydrogen-bond donors (Lipinski definition) is 1. The molecular formula is C25H26N2O2S2. The molecule has 2 aromatic carbocycles. The fraction of sp³-hybridized carbons (Fsp3) is 0.240. The molecule has 0 aromatic heterocycles. The highest BCUT2D eigenvalue weighted by molar-refractivity contribution is 8.26. The van der Waals surface area contributed by atoms with Crippen LogP contribution in [0, 0.1) is 13.8 Å². The number of thiocarbonyl (C=S) groups is 1. The summed E-state index contributed by atoms with van der Waals surface area (Å²) in [5.74, 6) is -0.156. The molecule has 0 radical (unpaired) electrons. The maximum atomic E-state index is 12.8. The Hall–Kier alpha value is -2.70. The quantitative estimate of drug-likeness (QED) is 0.423. The number of nitrogens with zero attached hydrogens (tertiary/aromatic N) is 1. The number of benzene rings is 2. The molecule has 1 heterocycles. The second-order valence-corrected chi connectivity index (χ2v) is 9.26. The van der Waals surface area contributed by atoms with E-state index in [9.17, 15) is 9.59 Å². The fourth-order valence-electron chi connectivity index (χ4n) is 3.19. The van der Waals surface area contributed by atoms with Gasteiger partial charge in [-0.15, -0.1) is 0 Å². The zero-order chi connectivity index (χ0) is 22.4. The van der Waals surface area contributed by atoms with Crippen LogP contribution >= 0.6 is 24.0 Å². The molecule has 31 heavy (non-hydrogen) atoms. The molecule has 1 aliphatic rings. The third-order valence-corrected chi connectivity index (χ3v) is 6.38. The maximum Gasteiger partial charge on any atom is 0.266 e. The number of anilines is 1. The third kappa shape index (κ3) is 6.39. The van der Waals surface area contributed by atoms with E-state index in [0.717, 1.165) is 22.4 Å². The van der Waals surface area contributed by atoms with E-state index < -0.39 is 0 Å². The van der Waals surface area contributed by atoms with Crippen molar-refractivity contribution in [1.82, 2.24) is 4.90 Å². The molecule has 1 fully saturated rings. The standard InChI is InChI=1S/C25H26N2O2S2/c1-17(14-20-8-5-4-6-9-20)15-22-24(29)27(25(30)31-22)13-7-10-23(28)26-21-12-11-18(2)19(3)16-21/h4-6,8-9,11-12,14-16H,7,10,13H2,1-3H3,(H,26,28)/b17-14+,22-15+. The number of aryl methyl sites for hydroxylation is 2. The molecule has 160 valence electrons. The Kier molecular flexibility index (Phi) is 7.82. The third-order valence-electron chi connectivity index (χ3n) is 5.00. The summed E-state index contributed by atoms with van der Waals surface area (Å²) in [5.41, 5.74) is 5.19. The number of carbonyl (C=O) groups excluding carboxylic acids is 2. The molecule has 2 aromatic rings. The first-order valence-corrected chi connectivity index (χ1v) is 11.4. The first-order valence-electron chi connectivity index (χ1n) is 10.2. The SMILES string of the molecule is CC(=C\c1ccccc1)/C=C1/SC(=S)N(CCCC(=O)Nc2ccc(C)c(C)c2)C1=O. The Morgan fingerprint density at radius 3 is 2.58 bits per heavy atom. The molecule has 0 spiro atoms. The van der Waals surface area contributed by atoms with Crippen LogP contribution in [0.15, 0.2) is 65.1 Å². The van der Waals surface area contributed by atoms with Gasteiger partial charge >= 0.3 is 0 Å². The number of carbonyl (C=O) groups is 2. The Morgan fingerprint density at radius 1 is 1.13 bits per heavy atom. The number of thioether (sulfide) groups is 1. The molecule has 0 bridgehead atoms. The maximum absolute atomic E-state index is 12.8. The molecule has 6 heteroatoms. The van der Waals surface area contributed by atoms with Crippen LogP contribution in [-0.4, -0.2) is 27.6 Å². The lowest BCUT2D eigenvalue weighted by Crippen LogP contribution is -2.29. The van der Waals surface area contributed by atoms with Gasteiger partial charge in [-0.25, -0.2) is 0 Å². The van der Waals surface area contributed by atoms with Crippen LogP contribution in [0.1, 0.15) is 36.5 Å².